The van der Waals surface area contributed by atoms with Crippen molar-refractivity contribution < 1.29 is 9.50 Å². The van der Waals surface area contributed by atoms with Crippen LogP contribution in [0.25, 0.3) is 0 Å². The summed E-state index contributed by atoms with van der Waals surface area (Å²) in [5.74, 6) is -0.178. The lowest BCUT2D eigenvalue weighted by Crippen LogP contribution is -2.43. The molecule has 1 aromatic rings. The number of aliphatic hydroxyl groups excluding tert-OH is 1. The molecule has 1 aliphatic rings. The van der Waals surface area contributed by atoms with Crippen molar-refractivity contribution in [3.05, 3.63) is 35.6 Å². The molecule has 0 amide bonds. The van der Waals surface area contributed by atoms with Crippen molar-refractivity contribution in [2.45, 2.75) is 38.3 Å². The number of hydrogen-bond acceptors (Lipinski definition) is 2. The van der Waals surface area contributed by atoms with Gasteiger partial charge in [0.15, 0.2) is 0 Å². The fraction of sp³-hybridized carbons (Fsp3) is 0.571. The minimum absolute atomic E-state index is 0.132. The highest BCUT2D eigenvalue weighted by molar-refractivity contribution is 5.16. The van der Waals surface area contributed by atoms with Crippen LogP contribution < -0.4 is 0 Å². The van der Waals surface area contributed by atoms with E-state index in [1.807, 2.05) is 12.1 Å². The predicted molar refractivity (Wildman–Crippen MR) is 66.4 cm³/mol. The summed E-state index contributed by atoms with van der Waals surface area (Å²) in [7, 11) is 0. The Morgan fingerprint density at radius 2 is 2.06 bits per heavy atom. The molecule has 1 saturated heterocycles. The Kier molecular flexibility index (Phi) is 4.13. The lowest BCUT2D eigenvalue weighted by atomic mass is 10.00. The first-order chi connectivity index (χ1) is 8.15. The van der Waals surface area contributed by atoms with Crippen LogP contribution >= 0.6 is 0 Å². The van der Waals surface area contributed by atoms with Gasteiger partial charge in [0.05, 0.1) is 6.10 Å². The number of hydrogen-bond donors (Lipinski definition) is 1. The van der Waals surface area contributed by atoms with E-state index >= 15 is 0 Å². The number of piperidine rings is 1. The first-order valence-electron chi connectivity index (χ1n) is 6.31. The summed E-state index contributed by atoms with van der Waals surface area (Å²) in [5, 5.41) is 9.54. The zero-order valence-electron chi connectivity index (χ0n) is 10.3. The zero-order valence-corrected chi connectivity index (χ0v) is 10.3. The molecule has 1 fully saturated rings. The second-order valence-corrected chi connectivity index (χ2v) is 4.94. The Bertz CT molecular complexity index is 352. The van der Waals surface area contributed by atoms with E-state index in [1.165, 1.54) is 17.7 Å². The topological polar surface area (TPSA) is 23.5 Å². The molecule has 94 valence electrons. The second-order valence-electron chi connectivity index (χ2n) is 4.94. The van der Waals surface area contributed by atoms with E-state index in [2.05, 4.69) is 11.8 Å². The summed E-state index contributed by atoms with van der Waals surface area (Å²) in [6.07, 6.45) is 2.55. The third kappa shape index (κ3) is 3.51. The molecule has 3 heteroatoms. The van der Waals surface area contributed by atoms with Gasteiger partial charge in [-0.3, -0.25) is 0 Å². The van der Waals surface area contributed by atoms with Crippen LogP contribution in [-0.4, -0.2) is 35.2 Å². The Balaban J connectivity index is 1.83. The lowest BCUT2D eigenvalue weighted by molar-refractivity contribution is 0.0490. The summed E-state index contributed by atoms with van der Waals surface area (Å²) < 4.78 is 12.7. The molecule has 0 radical (unpaired) electrons. The molecule has 0 bridgehead atoms. The number of rotatable bonds is 3. The smallest absolute Gasteiger partial charge is 0.123 e. The number of benzene rings is 1. The summed E-state index contributed by atoms with van der Waals surface area (Å²) in [6, 6.07) is 7.16. The van der Waals surface area contributed by atoms with E-state index in [1.54, 1.807) is 0 Å². The summed E-state index contributed by atoms with van der Waals surface area (Å²) in [6.45, 7) is 4.11. The van der Waals surface area contributed by atoms with E-state index in [0.717, 1.165) is 32.4 Å². The van der Waals surface area contributed by atoms with Crippen LogP contribution in [0.1, 0.15) is 25.3 Å². The Labute approximate surface area is 102 Å². The van der Waals surface area contributed by atoms with Crippen molar-refractivity contribution >= 4 is 0 Å². The van der Waals surface area contributed by atoms with Gasteiger partial charge in [0.1, 0.15) is 5.82 Å². The standard InChI is InChI=1S/C14H20FNO/c1-11-10-14(17)7-9-16(11)8-6-12-2-4-13(15)5-3-12/h2-5,11,14,17H,6-10H2,1H3. The van der Waals surface area contributed by atoms with Crippen molar-refractivity contribution in [2.75, 3.05) is 13.1 Å². The molecular formula is C14H20FNO. The summed E-state index contributed by atoms with van der Waals surface area (Å²) >= 11 is 0. The molecule has 1 heterocycles. The molecule has 0 spiro atoms. The number of likely N-dealkylation sites (tertiary alicyclic amines) is 1. The molecule has 0 aliphatic carbocycles. The minimum atomic E-state index is -0.178. The number of aliphatic hydroxyl groups is 1. The van der Waals surface area contributed by atoms with E-state index in [-0.39, 0.29) is 11.9 Å². The van der Waals surface area contributed by atoms with Crippen molar-refractivity contribution in [2.24, 2.45) is 0 Å². The molecule has 2 unspecified atom stereocenters. The molecule has 1 aromatic carbocycles. The van der Waals surface area contributed by atoms with Crippen LogP contribution in [0, 0.1) is 5.82 Å². The van der Waals surface area contributed by atoms with Gasteiger partial charge >= 0.3 is 0 Å². The van der Waals surface area contributed by atoms with Crippen molar-refractivity contribution in [1.29, 1.82) is 0 Å². The molecule has 2 atom stereocenters. The molecular weight excluding hydrogens is 217 g/mol. The van der Waals surface area contributed by atoms with Crippen LogP contribution in [0.2, 0.25) is 0 Å². The molecule has 1 N–H and O–H groups in total. The number of halogens is 1. The highest BCUT2D eigenvalue weighted by Gasteiger charge is 2.23. The van der Waals surface area contributed by atoms with Crippen LogP contribution in [0.15, 0.2) is 24.3 Å². The number of nitrogens with zero attached hydrogens (tertiary/aromatic N) is 1. The maximum absolute atomic E-state index is 12.7. The molecule has 0 aromatic heterocycles. The highest BCUT2D eigenvalue weighted by Crippen LogP contribution is 2.17. The first-order valence-corrected chi connectivity index (χ1v) is 6.31. The van der Waals surface area contributed by atoms with Crippen molar-refractivity contribution in [3.8, 4) is 0 Å². The van der Waals surface area contributed by atoms with E-state index in [9.17, 15) is 9.50 Å². The average Bonchev–Trinajstić information content (AvgIpc) is 2.30. The van der Waals surface area contributed by atoms with Gasteiger partial charge < -0.3 is 10.0 Å². The van der Waals surface area contributed by atoms with Crippen molar-refractivity contribution in [1.82, 2.24) is 4.90 Å². The van der Waals surface area contributed by atoms with Gasteiger partial charge in [0.25, 0.3) is 0 Å². The van der Waals surface area contributed by atoms with Crippen LogP contribution in [0.5, 0.6) is 0 Å². The van der Waals surface area contributed by atoms with Gasteiger partial charge in [-0.25, -0.2) is 4.39 Å². The van der Waals surface area contributed by atoms with E-state index in [4.69, 9.17) is 0 Å². The fourth-order valence-electron chi connectivity index (χ4n) is 2.45. The van der Waals surface area contributed by atoms with Gasteiger partial charge in [0, 0.05) is 19.1 Å². The van der Waals surface area contributed by atoms with Gasteiger partial charge in [-0.1, -0.05) is 12.1 Å². The van der Waals surface area contributed by atoms with E-state index < -0.39 is 0 Å². The third-order valence-electron chi connectivity index (χ3n) is 3.59. The first kappa shape index (κ1) is 12.5. The Hall–Kier alpha value is -0.930. The molecule has 0 saturated carbocycles. The van der Waals surface area contributed by atoms with Crippen LogP contribution in [0.3, 0.4) is 0 Å². The highest BCUT2D eigenvalue weighted by atomic mass is 19.1. The largest absolute Gasteiger partial charge is 0.393 e. The second kappa shape index (κ2) is 5.61. The minimum Gasteiger partial charge on any atom is -0.393 e. The lowest BCUT2D eigenvalue weighted by Gasteiger charge is -2.35. The maximum Gasteiger partial charge on any atom is 0.123 e. The van der Waals surface area contributed by atoms with Gasteiger partial charge in [0.2, 0.25) is 0 Å². The molecule has 2 rings (SSSR count). The monoisotopic (exact) mass is 237 g/mol. The Morgan fingerprint density at radius 1 is 1.35 bits per heavy atom. The zero-order chi connectivity index (χ0) is 12.3. The molecule has 2 nitrogen and oxygen atoms in total. The quantitative estimate of drug-likeness (QED) is 0.871. The van der Waals surface area contributed by atoms with Gasteiger partial charge in [-0.15, -0.1) is 0 Å². The normalized spacial score (nSPS) is 26.1. The van der Waals surface area contributed by atoms with Crippen LogP contribution in [-0.2, 0) is 6.42 Å². The summed E-state index contributed by atoms with van der Waals surface area (Å²) in [5.41, 5.74) is 1.17. The third-order valence-corrected chi connectivity index (χ3v) is 3.59. The fourth-order valence-corrected chi connectivity index (χ4v) is 2.45. The van der Waals surface area contributed by atoms with Crippen molar-refractivity contribution in [3.63, 3.8) is 0 Å². The van der Waals surface area contributed by atoms with Gasteiger partial charge in [-0.2, -0.15) is 0 Å². The maximum atomic E-state index is 12.7. The summed E-state index contributed by atoms with van der Waals surface area (Å²) in [4.78, 5) is 2.40. The van der Waals surface area contributed by atoms with Crippen LogP contribution in [0.4, 0.5) is 4.39 Å². The van der Waals surface area contributed by atoms with Gasteiger partial charge in [-0.05, 0) is 43.9 Å². The molecule has 17 heavy (non-hydrogen) atoms. The molecule has 1 aliphatic heterocycles. The predicted octanol–water partition coefficient (Wildman–Crippen LogP) is 2.21. The Morgan fingerprint density at radius 3 is 2.71 bits per heavy atom. The average molecular weight is 237 g/mol. The SMILES string of the molecule is CC1CC(O)CCN1CCc1ccc(F)cc1. The van der Waals surface area contributed by atoms with E-state index in [0.29, 0.717) is 6.04 Å².